The summed E-state index contributed by atoms with van der Waals surface area (Å²) < 4.78 is 1.71. The maximum Gasteiger partial charge on any atom is 0.258 e. The Bertz CT molecular complexity index is 598. The molecular formula is C12H12N2O. The van der Waals surface area contributed by atoms with Gasteiger partial charge in [-0.3, -0.25) is 9.20 Å². The zero-order chi connectivity index (χ0) is 10.4. The SMILES string of the molecule is Cc1c2c(cc3nccc(=O)n13)CCC2. The van der Waals surface area contributed by atoms with Crippen LogP contribution in [0.15, 0.2) is 23.1 Å². The van der Waals surface area contributed by atoms with Gasteiger partial charge in [-0.1, -0.05) is 0 Å². The van der Waals surface area contributed by atoms with Crippen molar-refractivity contribution in [2.45, 2.75) is 26.2 Å². The van der Waals surface area contributed by atoms with Gasteiger partial charge in [0.2, 0.25) is 0 Å². The third kappa shape index (κ3) is 1.12. The van der Waals surface area contributed by atoms with Crippen LogP contribution in [0.4, 0.5) is 0 Å². The van der Waals surface area contributed by atoms with Crippen LogP contribution in [-0.2, 0) is 12.8 Å². The minimum atomic E-state index is 0.0206. The number of hydrogen-bond donors (Lipinski definition) is 0. The molecule has 2 aromatic heterocycles. The highest BCUT2D eigenvalue weighted by Gasteiger charge is 2.16. The van der Waals surface area contributed by atoms with Gasteiger partial charge in [0.1, 0.15) is 5.65 Å². The van der Waals surface area contributed by atoms with Gasteiger partial charge in [0, 0.05) is 18.0 Å². The largest absolute Gasteiger partial charge is 0.269 e. The minimum Gasteiger partial charge on any atom is -0.269 e. The Morgan fingerprint density at radius 1 is 1.40 bits per heavy atom. The van der Waals surface area contributed by atoms with E-state index < -0.39 is 0 Å². The van der Waals surface area contributed by atoms with Crippen LogP contribution in [0.3, 0.4) is 0 Å². The van der Waals surface area contributed by atoms with E-state index >= 15 is 0 Å². The Balaban J connectivity index is 2.53. The lowest BCUT2D eigenvalue weighted by Crippen LogP contribution is -2.17. The highest BCUT2D eigenvalue weighted by atomic mass is 16.1. The van der Waals surface area contributed by atoms with Crippen molar-refractivity contribution in [1.29, 1.82) is 0 Å². The topological polar surface area (TPSA) is 34.4 Å². The zero-order valence-corrected chi connectivity index (χ0v) is 8.66. The molecule has 0 bridgehead atoms. The average molecular weight is 200 g/mol. The fraction of sp³-hybridized carbons (Fsp3) is 0.333. The fourth-order valence-electron chi connectivity index (χ4n) is 2.49. The van der Waals surface area contributed by atoms with Crippen molar-refractivity contribution < 1.29 is 0 Å². The van der Waals surface area contributed by atoms with Gasteiger partial charge in [-0.05, 0) is 43.4 Å². The molecule has 2 aromatic rings. The summed E-state index contributed by atoms with van der Waals surface area (Å²) in [6, 6.07) is 3.57. The van der Waals surface area contributed by atoms with Gasteiger partial charge in [0.05, 0.1) is 0 Å². The predicted molar refractivity (Wildman–Crippen MR) is 58.2 cm³/mol. The van der Waals surface area contributed by atoms with E-state index in [9.17, 15) is 4.79 Å². The first-order valence-electron chi connectivity index (χ1n) is 5.26. The quantitative estimate of drug-likeness (QED) is 0.645. The van der Waals surface area contributed by atoms with Gasteiger partial charge in [-0.25, -0.2) is 4.98 Å². The van der Waals surface area contributed by atoms with Crippen molar-refractivity contribution in [2.24, 2.45) is 0 Å². The molecule has 0 atom stereocenters. The molecule has 0 radical (unpaired) electrons. The third-order valence-electron chi connectivity index (χ3n) is 3.21. The standard InChI is InChI=1S/C12H12N2O/c1-8-10-4-2-3-9(10)7-11-13-6-5-12(15)14(8)11/h5-7H,2-4H2,1H3. The first kappa shape index (κ1) is 8.65. The van der Waals surface area contributed by atoms with Crippen LogP contribution in [0.1, 0.15) is 23.2 Å². The molecule has 0 spiro atoms. The third-order valence-corrected chi connectivity index (χ3v) is 3.21. The predicted octanol–water partition coefficient (Wildman–Crippen LogP) is 1.49. The molecule has 0 fully saturated rings. The van der Waals surface area contributed by atoms with Crippen LogP contribution in [0, 0.1) is 6.92 Å². The first-order valence-corrected chi connectivity index (χ1v) is 5.26. The summed E-state index contributed by atoms with van der Waals surface area (Å²) in [5, 5.41) is 0. The molecule has 3 heteroatoms. The zero-order valence-electron chi connectivity index (χ0n) is 8.66. The molecule has 0 amide bonds. The van der Waals surface area contributed by atoms with E-state index in [2.05, 4.69) is 11.1 Å². The van der Waals surface area contributed by atoms with Gasteiger partial charge < -0.3 is 0 Å². The lowest BCUT2D eigenvalue weighted by molar-refractivity contribution is 0.899. The number of fused-ring (bicyclic) bond motifs is 2. The van der Waals surface area contributed by atoms with E-state index in [0.29, 0.717) is 0 Å². The van der Waals surface area contributed by atoms with E-state index in [1.807, 2.05) is 6.92 Å². The number of pyridine rings is 1. The van der Waals surface area contributed by atoms with Gasteiger partial charge in [-0.15, -0.1) is 0 Å². The Morgan fingerprint density at radius 3 is 3.13 bits per heavy atom. The summed E-state index contributed by atoms with van der Waals surface area (Å²) in [6.45, 7) is 2.01. The molecule has 1 aliphatic rings. The minimum absolute atomic E-state index is 0.0206. The van der Waals surface area contributed by atoms with Crippen molar-refractivity contribution in [3.05, 3.63) is 45.5 Å². The second-order valence-electron chi connectivity index (χ2n) is 4.06. The molecule has 0 aromatic carbocycles. The van der Waals surface area contributed by atoms with Crippen LogP contribution in [0.2, 0.25) is 0 Å². The normalized spacial score (nSPS) is 14.5. The molecule has 0 unspecified atom stereocenters. The Labute approximate surface area is 87.4 Å². The van der Waals surface area contributed by atoms with Gasteiger partial charge in [-0.2, -0.15) is 0 Å². The molecule has 1 aliphatic carbocycles. The molecule has 0 N–H and O–H groups in total. The lowest BCUT2D eigenvalue weighted by Gasteiger charge is -2.09. The Hall–Kier alpha value is -1.64. The average Bonchev–Trinajstić information content (AvgIpc) is 2.66. The monoisotopic (exact) mass is 200 g/mol. The number of rotatable bonds is 0. The van der Waals surface area contributed by atoms with E-state index in [1.54, 1.807) is 10.6 Å². The van der Waals surface area contributed by atoms with E-state index in [4.69, 9.17) is 0 Å². The fourth-order valence-corrected chi connectivity index (χ4v) is 2.49. The second-order valence-corrected chi connectivity index (χ2v) is 4.06. The van der Waals surface area contributed by atoms with Crippen molar-refractivity contribution in [3.63, 3.8) is 0 Å². The molecule has 0 saturated carbocycles. The summed E-state index contributed by atoms with van der Waals surface area (Å²) in [5.41, 5.74) is 4.58. The Morgan fingerprint density at radius 2 is 2.27 bits per heavy atom. The molecule has 2 heterocycles. The maximum atomic E-state index is 11.7. The number of hydrogen-bond acceptors (Lipinski definition) is 2. The highest BCUT2D eigenvalue weighted by molar-refractivity contribution is 5.49. The summed E-state index contributed by atoms with van der Waals surface area (Å²) in [6.07, 6.45) is 5.00. The van der Waals surface area contributed by atoms with Crippen molar-refractivity contribution >= 4 is 5.65 Å². The Kier molecular flexibility index (Phi) is 1.69. The van der Waals surface area contributed by atoms with Crippen molar-refractivity contribution in [3.8, 4) is 0 Å². The van der Waals surface area contributed by atoms with Crippen LogP contribution in [0.25, 0.3) is 5.65 Å². The summed E-state index contributed by atoms with van der Waals surface area (Å²) in [7, 11) is 0. The maximum absolute atomic E-state index is 11.7. The summed E-state index contributed by atoms with van der Waals surface area (Å²) in [4.78, 5) is 16.0. The molecule has 0 saturated heterocycles. The van der Waals surface area contributed by atoms with Crippen molar-refractivity contribution in [2.75, 3.05) is 0 Å². The van der Waals surface area contributed by atoms with Gasteiger partial charge >= 0.3 is 0 Å². The van der Waals surface area contributed by atoms with Crippen LogP contribution in [-0.4, -0.2) is 9.38 Å². The van der Waals surface area contributed by atoms with Gasteiger partial charge in [0.25, 0.3) is 5.56 Å². The smallest absolute Gasteiger partial charge is 0.258 e. The molecule has 0 aliphatic heterocycles. The molecule has 3 nitrogen and oxygen atoms in total. The van der Waals surface area contributed by atoms with E-state index in [0.717, 1.165) is 24.2 Å². The molecular weight excluding hydrogens is 188 g/mol. The second kappa shape index (κ2) is 2.92. The molecule has 3 rings (SSSR count). The van der Waals surface area contributed by atoms with E-state index in [1.165, 1.54) is 23.6 Å². The van der Waals surface area contributed by atoms with Crippen LogP contribution < -0.4 is 5.56 Å². The van der Waals surface area contributed by atoms with E-state index in [-0.39, 0.29) is 5.56 Å². The first-order chi connectivity index (χ1) is 7.27. The van der Waals surface area contributed by atoms with Crippen LogP contribution >= 0.6 is 0 Å². The highest BCUT2D eigenvalue weighted by Crippen LogP contribution is 2.25. The summed E-state index contributed by atoms with van der Waals surface area (Å²) in [5.74, 6) is 0. The van der Waals surface area contributed by atoms with Crippen LogP contribution in [0.5, 0.6) is 0 Å². The molecule has 15 heavy (non-hydrogen) atoms. The summed E-state index contributed by atoms with van der Waals surface area (Å²) >= 11 is 0. The van der Waals surface area contributed by atoms with Crippen molar-refractivity contribution in [1.82, 2.24) is 9.38 Å². The number of nitrogens with zero attached hydrogens (tertiary/aromatic N) is 2. The van der Waals surface area contributed by atoms with Gasteiger partial charge in [0.15, 0.2) is 0 Å². The molecule has 76 valence electrons. The number of aryl methyl sites for hydroxylation is 2. The lowest BCUT2D eigenvalue weighted by atomic mass is 10.1. The number of aromatic nitrogens is 2.